The fourth-order valence-corrected chi connectivity index (χ4v) is 8.17. The molecule has 0 aliphatic heterocycles. The fraction of sp³-hybridized carbons (Fsp3) is 0.0980. The number of carboxylic acid groups (broad SMARTS) is 1. The minimum Gasteiger partial charge on any atom is -0.477 e. The van der Waals surface area contributed by atoms with Gasteiger partial charge in [-0.05, 0) is 91.5 Å². The Hall–Kier alpha value is -6.33. The van der Waals surface area contributed by atoms with Crippen LogP contribution in [-0.4, -0.2) is 26.0 Å². The van der Waals surface area contributed by atoms with Gasteiger partial charge in [-0.3, -0.25) is 9.97 Å². The number of aromatic carboxylic acids is 1. The number of aryl methyl sites for hydroxylation is 4. The van der Waals surface area contributed by atoms with Crippen molar-refractivity contribution in [3.8, 4) is 44.6 Å². The molecule has 9 rings (SSSR count). The molecule has 1 aliphatic rings. The predicted molar refractivity (Wildman–Crippen MR) is 223 cm³/mol. The standard InChI is InChI=1S/C45H34N2.C6H5NO2.Ir/c1-29-13-10-14-30(2)43(29)34-22-24-38-36(27-34)37-28-35(44-31(3)15-11-16-32(44)4)23-25-39(37)45(38,41-20-8-9-26-46-41)42-21-12-19-40(47-42)33-17-6-5-7-18-33;8-6(9)5-3-1-2-4-7-5;/h5-17,19-24,26-28H,1-4H3;1-4H,(H,8,9);/q-2;;/t45-;;/m0../s1. The number of hydrogen-bond acceptors (Lipinski definition) is 4. The van der Waals surface area contributed by atoms with E-state index in [1.165, 1.54) is 62.3 Å². The summed E-state index contributed by atoms with van der Waals surface area (Å²) in [5, 5.41) is 8.32. The van der Waals surface area contributed by atoms with Gasteiger partial charge in [0.2, 0.25) is 0 Å². The van der Waals surface area contributed by atoms with Gasteiger partial charge >= 0.3 is 5.97 Å². The molecule has 0 unspecified atom stereocenters. The zero-order valence-corrected chi connectivity index (χ0v) is 34.4. The van der Waals surface area contributed by atoms with Gasteiger partial charge in [0.15, 0.2) is 0 Å². The van der Waals surface area contributed by atoms with Crippen molar-refractivity contribution in [2.24, 2.45) is 0 Å². The fourth-order valence-electron chi connectivity index (χ4n) is 8.17. The first-order chi connectivity index (χ1) is 27.3. The van der Waals surface area contributed by atoms with Crippen LogP contribution in [0.15, 0.2) is 158 Å². The van der Waals surface area contributed by atoms with Gasteiger partial charge in [0.05, 0.1) is 11.1 Å². The van der Waals surface area contributed by atoms with Crippen molar-refractivity contribution >= 4 is 5.97 Å². The van der Waals surface area contributed by atoms with Crippen LogP contribution in [0, 0.1) is 39.8 Å². The number of aromatic nitrogens is 3. The van der Waals surface area contributed by atoms with E-state index in [2.05, 4.69) is 148 Å². The SMILES string of the molecule is Cc1cccc(C)c1-c1c[c-]c2c(c1)-c1cc(-c3c(C)cccc3C)ccc1[C@]2(c1ccccn1)c1cccc(-c2[c-]cccc2)n1.O=C(O)c1ccccn1.[Ir]. The molecule has 3 aromatic heterocycles. The number of fused-ring (bicyclic) bond motifs is 3. The number of nitrogens with zero attached hydrogens (tertiary/aromatic N) is 3. The van der Waals surface area contributed by atoms with E-state index in [4.69, 9.17) is 15.1 Å². The Morgan fingerprint density at radius 2 is 1.21 bits per heavy atom. The summed E-state index contributed by atoms with van der Waals surface area (Å²) in [4.78, 5) is 24.2. The molecule has 0 fully saturated rings. The molecule has 0 bridgehead atoms. The topological polar surface area (TPSA) is 76.0 Å². The van der Waals surface area contributed by atoms with E-state index < -0.39 is 11.4 Å². The van der Waals surface area contributed by atoms with E-state index in [1.54, 1.807) is 12.1 Å². The van der Waals surface area contributed by atoms with Gasteiger partial charge in [0, 0.05) is 38.2 Å². The van der Waals surface area contributed by atoms with Crippen molar-refractivity contribution in [3.63, 3.8) is 0 Å². The third-order valence-corrected chi connectivity index (χ3v) is 10.6. The molecule has 3 heterocycles. The van der Waals surface area contributed by atoms with Gasteiger partial charge in [-0.15, -0.1) is 52.6 Å². The summed E-state index contributed by atoms with van der Waals surface area (Å²) in [6.07, 6.45) is 3.34. The van der Waals surface area contributed by atoms with Crippen LogP contribution in [0.25, 0.3) is 44.6 Å². The first kappa shape index (κ1) is 38.9. The maximum atomic E-state index is 10.1. The zero-order chi connectivity index (χ0) is 38.8. The average molecular weight is 918 g/mol. The molecule has 0 spiro atoms. The largest absolute Gasteiger partial charge is 0.477 e. The third kappa shape index (κ3) is 7.15. The molecular formula is C51H39IrN3O2-2. The van der Waals surface area contributed by atoms with E-state index in [9.17, 15) is 4.79 Å². The minimum absolute atomic E-state index is 0. The van der Waals surface area contributed by atoms with Gasteiger partial charge in [-0.25, -0.2) is 9.78 Å². The molecule has 8 aromatic rings. The molecule has 1 aliphatic carbocycles. The summed E-state index contributed by atoms with van der Waals surface area (Å²) in [6, 6.07) is 57.1. The zero-order valence-electron chi connectivity index (χ0n) is 32.0. The number of carbonyl (C=O) groups is 1. The first-order valence-electron chi connectivity index (χ1n) is 18.6. The maximum Gasteiger partial charge on any atom is 0.354 e. The van der Waals surface area contributed by atoms with Gasteiger partial charge in [-0.2, -0.15) is 18.2 Å². The van der Waals surface area contributed by atoms with Crippen LogP contribution in [-0.2, 0) is 25.5 Å². The van der Waals surface area contributed by atoms with Gasteiger partial charge in [0.1, 0.15) is 5.69 Å². The molecule has 281 valence electrons. The van der Waals surface area contributed by atoms with E-state index in [0.717, 1.165) is 39.3 Å². The molecule has 5 nitrogen and oxygen atoms in total. The number of hydrogen-bond donors (Lipinski definition) is 1. The van der Waals surface area contributed by atoms with Crippen molar-refractivity contribution in [1.29, 1.82) is 0 Å². The second-order valence-corrected chi connectivity index (χ2v) is 14.1. The summed E-state index contributed by atoms with van der Waals surface area (Å²) in [5.41, 5.74) is 17.5. The molecule has 1 radical (unpaired) electrons. The quantitative estimate of drug-likeness (QED) is 0.168. The van der Waals surface area contributed by atoms with Crippen LogP contribution < -0.4 is 0 Å². The predicted octanol–water partition coefficient (Wildman–Crippen LogP) is 11.5. The van der Waals surface area contributed by atoms with Crippen molar-refractivity contribution in [3.05, 3.63) is 221 Å². The maximum absolute atomic E-state index is 10.1. The van der Waals surface area contributed by atoms with Gasteiger partial charge < -0.3 is 5.11 Å². The molecule has 0 saturated carbocycles. The number of benzene rings is 5. The molecule has 1 atom stereocenters. The summed E-state index contributed by atoms with van der Waals surface area (Å²) in [5.74, 6) is -0.990. The van der Waals surface area contributed by atoms with Crippen LogP contribution in [0.2, 0.25) is 0 Å². The Balaban J connectivity index is 0.000000440. The summed E-state index contributed by atoms with van der Waals surface area (Å²) >= 11 is 0. The third-order valence-electron chi connectivity index (χ3n) is 10.6. The Kier molecular flexibility index (Phi) is 11.2. The smallest absolute Gasteiger partial charge is 0.354 e. The number of pyridine rings is 3. The normalized spacial score (nSPS) is 13.7. The van der Waals surface area contributed by atoms with Gasteiger partial charge in [0.25, 0.3) is 0 Å². The van der Waals surface area contributed by atoms with Crippen molar-refractivity contribution in [1.82, 2.24) is 15.0 Å². The van der Waals surface area contributed by atoms with E-state index in [1.807, 2.05) is 30.5 Å². The molecule has 1 N–H and O–H groups in total. The second kappa shape index (κ2) is 16.4. The summed E-state index contributed by atoms with van der Waals surface area (Å²) < 4.78 is 0. The van der Waals surface area contributed by atoms with E-state index in [-0.39, 0.29) is 25.8 Å². The van der Waals surface area contributed by atoms with Crippen molar-refractivity contribution in [2.75, 3.05) is 0 Å². The van der Waals surface area contributed by atoms with Crippen LogP contribution in [0.1, 0.15) is 55.3 Å². The average Bonchev–Trinajstić information content (AvgIpc) is 3.52. The van der Waals surface area contributed by atoms with E-state index >= 15 is 0 Å². The summed E-state index contributed by atoms with van der Waals surface area (Å²) in [6.45, 7) is 8.78. The first-order valence-corrected chi connectivity index (χ1v) is 18.6. The molecule has 0 amide bonds. The summed E-state index contributed by atoms with van der Waals surface area (Å²) in [7, 11) is 0. The minimum atomic E-state index is -0.990. The Labute approximate surface area is 347 Å². The monoisotopic (exact) mass is 918 g/mol. The molecule has 57 heavy (non-hydrogen) atoms. The van der Waals surface area contributed by atoms with Crippen LogP contribution >= 0.6 is 0 Å². The Morgan fingerprint density at radius 3 is 1.81 bits per heavy atom. The second-order valence-electron chi connectivity index (χ2n) is 14.1. The van der Waals surface area contributed by atoms with Gasteiger partial charge in [-0.1, -0.05) is 101 Å². The number of rotatable bonds is 6. The van der Waals surface area contributed by atoms with Crippen LogP contribution in [0.5, 0.6) is 0 Å². The molecule has 5 aromatic carbocycles. The van der Waals surface area contributed by atoms with Crippen LogP contribution in [0.4, 0.5) is 0 Å². The van der Waals surface area contributed by atoms with E-state index in [0.29, 0.717) is 0 Å². The van der Waals surface area contributed by atoms with Crippen molar-refractivity contribution in [2.45, 2.75) is 33.1 Å². The molecular weight excluding hydrogens is 879 g/mol. The van der Waals surface area contributed by atoms with Crippen molar-refractivity contribution < 1.29 is 30.0 Å². The van der Waals surface area contributed by atoms with Crippen LogP contribution in [0.3, 0.4) is 0 Å². The molecule has 6 heteroatoms. The number of carboxylic acids is 1. The Morgan fingerprint density at radius 1 is 0.596 bits per heavy atom. The Bertz CT molecular complexity index is 2570. The molecule has 0 saturated heterocycles.